The topological polar surface area (TPSA) is 97.4 Å². The number of amides is 1. The Morgan fingerprint density at radius 2 is 2.00 bits per heavy atom. The van der Waals surface area contributed by atoms with Gasteiger partial charge in [-0.1, -0.05) is 13.8 Å². The van der Waals surface area contributed by atoms with Crippen LogP contribution >= 0.6 is 0 Å². The average molecular weight is 369 g/mol. The number of fused-ring (bicyclic) bond motifs is 1. The van der Waals surface area contributed by atoms with Crippen molar-refractivity contribution >= 4 is 28.5 Å². The molecule has 0 bridgehead atoms. The second kappa shape index (κ2) is 7.26. The van der Waals surface area contributed by atoms with E-state index in [0.717, 1.165) is 23.5 Å². The molecule has 7 heteroatoms. The van der Waals surface area contributed by atoms with E-state index in [1.807, 2.05) is 18.5 Å². The molecule has 3 rings (SSSR count). The Bertz CT molecular complexity index is 1010. The molecule has 2 aromatic heterocycles. The lowest BCUT2D eigenvalue weighted by molar-refractivity contribution is -0.115. The quantitative estimate of drug-likeness (QED) is 0.689. The van der Waals surface area contributed by atoms with Crippen molar-refractivity contribution in [2.45, 2.75) is 40.7 Å². The smallest absolute Gasteiger partial charge is 0.371 e. The van der Waals surface area contributed by atoms with Crippen molar-refractivity contribution < 1.29 is 19.1 Å². The first-order valence-electron chi connectivity index (χ1n) is 8.84. The van der Waals surface area contributed by atoms with Crippen LogP contribution in [0.1, 0.15) is 41.4 Å². The Hall–Kier alpha value is -3.09. The number of carbonyl (C=O) groups excluding carboxylic acids is 1. The molecule has 0 aliphatic heterocycles. The number of carboxylic acid groups (broad SMARTS) is 1. The first-order valence-corrected chi connectivity index (χ1v) is 8.84. The van der Waals surface area contributed by atoms with E-state index in [1.54, 1.807) is 18.2 Å². The lowest BCUT2D eigenvalue weighted by atomic mass is 10.1. The molecule has 0 aliphatic carbocycles. The van der Waals surface area contributed by atoms with Crippen LogP contribution in [0.2, 0.25) is 0 Å². The minimum absolute atomic E-state index is 0.128. The predicted octanol–water partition coefficient (Wildman–Crippen LogP) is 3.78. The fourth-order valence-corrected chi connectivity index (χ4v) is 3.11. The number of aryl methyl sites for hydroxylation is 1. The minimum atomic E-state index is -1.12. The molecule has 0 aliphatic rings. The fourth-order valence-electron chi connectivity index (χ4n) is 3.11. The SMILES string of the molecule is Cc1nn(CC(C)C)c(C)c1CC(=O)Nc1ccc2oc(C(=O)O)cc2c1. The van der Waals surface area contributed by atoms with Crippen LogP contribution in [0.3, 0.4) is 0 Å². The standard InChI is InChI=1S/C20H23N3O4/c1-11(2)10-23-13(4)16(12(3)22-23)9-19(24)21-15-5-6-17-14(7-15)8-18(27-17)20(25)26/h5-8,11H,9-10H2,1-4H3,(H,21,24)(H,25,26). The molecule has 1 aromatic carbocycles. The summed E-state index contributed by atoms with van der Waals surface area (Å²) in [4.78, 5) is 23.5. The average Bonchev–Trinajstić information content (AvgIpc) is 3.11. The van der Waals surface area contributed by atoms with Crippen molar-refractivity contribution in [2.75, 3.05) is 5.32 Å². The number of hydrogen-bond donors (Lipinski definition) is 2. The first kappa shape index (κ1) is 18.7. The van der Waals surface area contributed by atoms with Gasteiger partial charge in [0.05, 0.1) is 12.1 Å². The van der Waals surface area contributed by atoms with E-state index in [-0.39, 0.29) is 18.1 Å². The van der Waals surface area contributed by atoms with E-state index in [9.17, 15) is 9.59 Å². The highest BCUT2D eigenvalue weighted by Crippen LogP contribution is 2.23. The summed E-state index contributed by atoms with van der Waals surface area (Å²) < 4.78 is 7.18. The predicted molar refractivity (Wildman–Crippen MR) is 102 cm³/mol. The van der Waals surface area contributed by atoms with Crippen molar-refractivity contribution in [3.8, 4) is 0 Å². The van der Waals surface area contributed by atoms with Gasteiger partial charge in [0.1, 0.15) is 5.58 Å². The summed E-state index contributed by atoms with van der Waals surface area (Å²) in [7, 11) is 0. The second-order valence-corrected chi connectivity index (χ2v) is 7.12. The lowest BCUT2D eigenvalue weighted by Gasteiger charge is -2.08. The molecular weight excluding hydrogens is 346 g/mol. The molecule has 3 aromatic rings. The molecule has 0 saturated carbocycles. The maximum atomic E-state index is 12.5. The van der Waals surface area contributed by atoms with E-state index >= 15 is 0 Å². The van der Waals surface area contributed by atoms with Crippen LogP contribution in [0.5, 0.6) is 0 Å². The van der Waals surface area contributed by atoms with Gasteiger partial charge in [-0.25, -0.2) is 4.79 Å². The Balaban J connectivity index is 1.75. The number of anilines is 1. The van der Waals surface area contributed by atoms with Gasteiger partial charge in [-0.3, -0.25) is 9.48 Å². The number of nitrogens with one attached hydrogen (secondary N) is 1. The molecule has 7 nitrogen and oxygen atoms in total. The maximum Gasteiger partial charge on any atom is 0.371 e. The van der Waals surface area contributed by atoms with Crippen molar-refractivity contribution in [3.05, 3.63) is 47.0 Å². The van der Waals surface area contributed by atoms with Gasteiger partial charge < -0.3 is 14.8 Å². The lowest BCUT2D eigenvalue weighted by Crippen LogP contribution is -2.15. The molecule has 2 N–H and O–H groups in total. The van der Waals surface area contributed by atoms with Crippen LogP contribution in [-0.4, -0.2) is 26.8 Å². The Kier molecular flexibility index (Phi) is 5.03. The minimum Gasteiger partial charge on any atom is -0.475 e. The van der Waals surface area contributed by atoms with Gasteiger partial charge in [0, 0.05) is 28.9 Å². The third-order valence-corrected chi connectivity index (χ3v) is 4.42. The molecule has 0 spiro atoms. The number of nitrogens with zero attached hydrogens (tertiary/aromatic N) is 2. The molecule has 0 radical (unpaired) electrons. The van der Waals surface area contributed by atoms with Gasteiger partial charge in [0.15, 0.2) is 0 Å². The van der Waals surface area contributed by atoms with Gasteiger partial charge in [0.25, 0.3) is 0 Å². The molecule has 2 heterocycles. The Labute approximate surface area is 157 Å². The van der Waals surface area contributed by atoms with Crippen molar-refractivity contribution in [2.24, 2.45) is 5.92 Å². The number of aromatic carboxylic acids is 1. The van der Waals surface area contributed by atoms with Crippen LogP contribution in [0.15, 0.2) is 28.7 Å². The van der Waals surface area contributed by atoms with Crippen LogP contribution in [0, 0.1) is 19.8 Å². The van der Waals surface area contributed by atoms with E-state index in [4.69, 9.17) is 9.52 Å². The monoisotopic (exact) mass is 369 g/mol. The summed E-state index contributed by atoms with van der Waals surface area (Å²) in [5.74, 6) is -0.924. The number of furan rings is 1. The summed E-state index contributed by atoms with van der Waals surface area (Å²) in [5, 5.41) is 17.0. The zero-order valence-corrected chi connectivity index (χ0v) is 15.9. The normalized spacial score (nSPS) is 11.3. The van der Waals surface area contributed by atoms with Crippen molar-refractivity contribution in [3.63, 3.8) is 0 Å². The molecule has 0 fully saturated rings. The van der Waals surface area contributed by atoms with Gasteiger partial charge in [-0.05, 0) is 44.0 Å². The summed E-state index contributed by atoms with van der Waals surface area (Å²) in [6.45, 7) is 8.97. The number of aromatic nitrogens is 2. The Morgan fingerprint density at radius 3 is 2.67 bits per heavy atom. The zero-order chi connectivity index (χ0) is 19.7. The number of benzene rings is 1. The van der Waals surface area contributed by atoms with E-state index < -0.39 is 5.97 Å². The molecule has 0 unspecified atom stereocenters. The van der Waals surface area contributed by atoms with Gasteiger partial charge in [0.2, 0.25) is 11.7 Å². The van der Waals surface area contributed by atoms with Crippen LogP contribution in [0.25, 0.3) is 11.0 Å². The van der Waals surface area contributed by atoms with Gasteiger partial charge >= 0.3 is 5.97 Å². The number of rotatable bonds is 6. The van der Waals surface area contributed by atoms with E-state index in [1.165, 1.54) is 6.07 Å². The fraction of sp³-hybridized carbons (Fsp3) is 0.350. The highest BCUT2D eigenvalue weighted by Gasteiger charge is 2.16. The summed E-state index contributed by atoms with van der Waals surface area (Å²) >= 11 is 0. The highest BCUT2D eigenvalue weighted by atomic mass is 16.4. The summed E-state index contributed by atoms with van der Waals surface area (Å²) in [5.41, 5.74) is 3.86. The Morgan fingerprint density at radius 1 is 1.26 bits per heavy atom. The summed E-state index contributed by atoms with van der Waals surface area (Å²) in [6.07, 6.45) is 0.236. The second-order valence-electron chi connectivity index (χ2n) is 7.12. The van der Waals surface area contributed by atoms with Gasteiger partial charge in [-0.2, -0.15) is 5.10 Å². The largest absolute Gasteiger partial charge is 0.475 e. The highest BCUT2D eigenvalue weighted by molar-refractivity contribution is 5.96. The van der Waals surface area contributed by atoms with Crippen LogP contribution < -0.4 is 5.32 Å². The molecule has 1 amide bonds. The third kappa shape index (κ3) is 4.02. The van der Waals surface area contributed by atoms with Gasteiger partial charge in [-0.15, -0.1) is 0 Å². The van der Waals surface area contributed by atoms with Crippen molar-refractivity contribution in [1.29, 1.82) is 0 Å². The van der Waals surface area contributed by atoms with Crippen LogP contribution in [-0.2, 0) is 17.8 Å². The maximum absolute atomic E-state index is 12.5. The molecule has 0 saturated heterocycles. The number of carbonyl (C=O) groups is 2. The number of hydrogen-bond acceptors (Lipinski definition) is 4. The van der Waals surface area contributed by atoms with E-state index in [0.29, 0.717) is 22.6 Å². The third-order valence-electron chi connectivity index (χ3n) is 4.42. The van der Waals surface area contributed by atoms with Crippen LogP contribution in [0.4, 0.5) is 5.69 Å². The molecule has 27 heavy (non-hydrogen) atoms. The van der Waals surface area contributed by atoms with Crippen molar-refractivity contribution in [1.82, 2.24) is 9.78 Å². The number of carboxylic acids is 1. The zero-order valence-electron chi connectivity index (χ0n) is 15.9. The molecule has 0 atom stereocenters. The summed E-state index contributed by atoms with van der Waals surface area (Å²) in [6, 6.07) is 6.48. The first-order chi connectivity index (χ1) is 12.7. The van der Waals surface area contributed by atoms with E-state index in [2.05, 4.69) is 24.3 Å². The molecule has 142 valence electrons. The molecular formula is C20H23N3O4.